The highest BCUT2D eigenvalue weighted by Crippen LogP contribution is 2.24. The quantitative estimate of drug-likeness (QED) is 0.412. The maximum Gasteiger partial charge on any atom is 0.305 e. The molecule has 8 heteroatoms. The summed E-state index contributed by atoms with van der Waals surface area (Å²) < 4.78 is 10.8. The first kappa shape index (κ1) is 19.8. The fourth-order valence-electron chi connectivity index (χ4n) is 2.75. The molecule has 8 nitrogen and oxygen atoms in total. The lowest BCUT2D eigenvalue weighted by Crippen LogP contribution is -2.59. The van der Waals surface area contributed by atoms with Gasteiger partial charge in [-0.25, -0.2) is 0 Å². The molecule has 1 aromatic carbocycles. The Bertz CT molecular complexity index is 535. The van der Waals surface area contributed by atoms with Crippen molar-refractivity contribution >= 4 is 5.97 Å². The monoisotopic (exact) mass is 356 g/mol. The fraction of sp³-hybridized carbons (Fsp3) is 0.588. The summed E-state index contributed by atoms with van der Waals surface area (Å²) in [4.78, 5) is 11.1. The third-order valence-electron chi connectivity index (χ3n) is 4.18. The van der Waals surface area contributed by atoms with Crippen LogP contribution in [0.4, 0.5) is 0 Å². The summed E-state index contributed by atoms with van der Waals surface area (Å²) in [7, 11) is 0. The van der Waals surface area contributed by atoms with Crippen molar-refractivity contribution in [2.24, 2.45) is 0 Å². The van der Waals surface area contributed by atoms with Crippen LogP contribution >= 0.6 is 0 Å². The van der Waals surface area contributed by atoms with Gasteiger partial charge < -0.3 is 35.0 Å². The summed E-state index contributed by atoms with van der Waals surface area (Å²) in [5.41, 5.74) is 1.01. The van der Waals surface area contributed by atoms with Crippen LogP contribution in [0.1, 0.15) is 18.4 Å². The standard InChI is InChI=1S/C17H24O8/c18-9-12-14(21)15(22)16(23)17(25-12)24-11(8-13(19)20)7-6-10-4-2-1-3-5-10/h1-5,11-12,14-18,21-23H,6-9H2,(H,19,20)/t11-,12+,14+,15-,16-,17-/m0/s1. The van der Waals surface area contributed by atoms with E-state index in [2.05, 4.69) is 0 Å². The van der Waals surface area contributed by atoms with Crippen LogP contribution in [-0.4, -0.2) is 74.9 Å². The molecule has 2 rings (SSSR count). The minimum Gasteiger partial charge on any atom is -0.481 e. The summed E-state index contributed by atoms with van der Waals surface area (Å²) in [5.74, 6) is -1.07. The van der Waals surface area contributed by atoms with E-state index in [9.17, 15) is 25.2 Å². The number of carboxylic acids is 1. The molecule has 0 aromatic heterocycles. The van der Waals surface area contributed by atoms with Crippen molar-refractivity contribution in [3.63, 3.8) is 0 Å². The van der Waals surface area contributed by atoms with Crippen LogP contribution in [0.15, 0.2) is 30.3 Å². The largest absolute Gasteiger partial charge is 0.481 e. The summed E-state index contributed by atoms with van der Waals surface area (Å²) in [5, 5.41) is 47.8. The van der Waals surface area contributed by atoms with Crippen molar-refractivity contribution in [3.8, 4) is 0 Å². The first-order chi connectivity index (χ1) is 11.9. The average molecular weight is 356 g/mol. The zero-order valence-electron chi connectivity index (χ0n) is 13.6. The van der Waals surface area contributed by atoms with Crippen LogP contribution in [0, 0.1) is 0 Å². The Hall–Kier alpha value is -1.55. The van der Waals surface area contributed by atoms with Crippen molar-refractivity contribution in [1.82, 2.24) is 0 Å². The van der Waals surface area contributed by atoms with E-state index >= 15 is 0 Å². The number of aliphatic hydroxyl groups excluding tert-OH is 4. The Morgan fingerprint density at radius 1 is 1.12 bits per heavy atom. The van der Waals surface area contributed by atoms with Gasteiger partial charge in [-0.3, -0.25) is 4.79 Å². The molecule has 25 heavy (non-hydrogen) atoms. The van der Waals surface area contributed by atoms with Crippen molar-refractivity contribution < 1.29 is 39.8 Å². The molecular formula is C17H24O8. The molecule has 0 amide bonds. The van der Waals surface area contributed by atoms with Gasteiger partial charge in [0.1, 0.15) is 24.4 Å². The van der Waals surface area contributed by atoms with Gasteiger partial charge in [-0.2, -0.15) is 0 Å². The molecule has 0 bridgehead atoms. The molecule has 1 aliphatic heterocycles. The SMILES string of the molecule is O=C(O)C[C@H](CCc1ccccc1)O[C@H]1O[C@H](CO)[C@@H](O)[C@H](O)[C@@H]1O. The van der Waals surface area contributed by atoms with Gasteiger partial charge >= 0.3 is 5.97 Å². The third kappa shape index (κ3) is 5.46. The highest BCUT2D eigenvalue weighted by atomic mass is 16.7. The molecule has 0 unspecified atom stereocenters. The number of hydrogen-bond acceptors (Lipinski definition) is 7. The molecule has 6 atom stereocenters. The van der Waals surface area contributed by atoms with E-state index in [0.29, 0.717) is 12.8 Å². The second-order valence-corrected chi connectivity index (χ2v) is 6.08. The summed E-state index contributed by atoms with van der Waals surface area (Å²) in [6.07, 6.45) is -7.16. The van der Waals surface area contributed by atoms with Gasteiger partial charge in [0.2, 0.25) is 0 Å². The van der Waals surface area contributed by atoms with E-state index in [-0.39, 0.29) is 6.42 Å². The van der Waals surface area contributed by atoms with Crippen molar-refractivity contribution in [3.05, 3.63) is 35.9 Å². The third-order valence-corrected chi connectivity index (χ3v) is 4.18. The predicted molar refractivity (Wildman–Crippen MR) is 85.7 cm³/mol. The van der Waals surface area contributed by atoms with Crippen LogP contribution < -0.4 is 0 Å². The van der Waals surface area contributed by atoms with E-state index in [0.717, 1.165) is 5.56 Å². The van der Waals surface area contributed by atoms with Gasteiger partial charge in [0.05, 0.1) is 19.1 Å². The van der Waals surface area contributed by atoms with Crippen molar-refractivity contribution in [2.45, 2.75) is 56.1 Å². The molecule has 0 saturated carbocycles. The zero-order valence-corrected chi connectivity index (χ0v) is 13.6. The van der Waals surface area contributed by atoms with Gasteiger partial charge in [-0.05, 0) is 18.4 Å². The number of carboxylic acid groups (broad SMARTS) is 1. The number of hydrogen-bond donors (Lipinski definition) is 5. The maximum atomic E-state index is 11.1. The first-order valence-corrected chi connectivity index (χ1v) is 8.14. The highest BCUT2D eigenvalue weighted by Gasteiger charge is 2.44. The van der Waals surface area contributed by atoms with Gasteiger partial charge in [-0.15, -0.1) is 0 Å². The van der Waals surface area contributed by atoms with E-state index in [1.807, 2.05) is 30.3 Å². The van der Waals surface area contributed by atoms with Crippen molar-refractivity contribution in [1.29, 1.82) is 0 Å². The lowest BCUT2D eigenvalue weighted by atomic mass is 9.99. The molecule has 0 radical (unpaired) electrons. The maximum absolute atomic E-state index is 11.1. The van der Waals surface area contributed by atoms with Crippen LogP contribution in [-0.2, 0) is 20.7 Å². The van der Waals surface area contributed by atoms with E-state index in [1.165, 1.54) is 0 Å². The van der Waals surface area contributed by atoms with Crippen molar-refractivity contribution in [2.75, 3.05) is 6.61 Å². The minimum atomic E-state index is -1.56. The number of aryl methyl sites for hydroxylation is 1. The summed E-state index contributed by atoms with van der Waals surface area (Å²) >= 11 is 0. The van der Waals surface area contributed by atoms with Gasteiger partial charge in [-0.1, -0.05) is 30.3 Å². The smallest absolute Gasteiger partial charge is 0.305 e. The zero-order chi connectivity index (χ0) is 18.4. The molecule has 1 fully saturated rings. The second-order valence-electron chi connectivity index (χ2n) is 6.08. The fourth-order valence-corrected chi connectivity index (χ4v) is 2.75. The molecule has 1 heterocycles. The minimum absolute atomic E-state index is 0.304. The Morgan fingerprint density at radius 2 is 1.80 bits per heavy atom. The van der Waals surface area contributed by atoms with Gasteiger partial charge in [0.15, 0.2) is 6.29 Å². The van der Waals surface area contributed by atoms with Crippen LogP contribution in [0.2, 0.25) is 0 Å². The second kappa shape index (κ2) is 9.23. The Morgan fingerprint density at radius 3 is 2.40 bits per heavy atom. The lowest BCUT2D eigenvalue weighted by molar-refractivity contribution is -0.311. The molecule has 0 spiro atoms. The number of aliphatic carboxylic acids is 1. The molecule has 1 aromatic rings. The van der Waals surface area contributed by atoms with E-state index < -0.39 is 49.4 Å². The number of ether oxygens (including phenoxy) is 2. The van der Waals surface area contributed by atoms with Gasteiger partial charge in [0.25, 0.3) is 0 Å². The summed E-state index contributed by atoms with van der Waals surface area (Å²) in [6.45, 7) is -0.571. The number of aliphatic hydroxyl groups is 4. The number of carbonyl (C=O) groups is 1. The van der Waals surface area contributed by atoms with Crippen LogP contribution in [0.25, 0.3) is 0 Å². The van der Waals surface area contributed by atoms with E-state index in [4.69, 9.17) is 14.6 Å². The van der Waals surface area contributed by atoms with Crippen LogP contribution in [0.3, 0.4) is 0 Å². The Balaban J connectivity index is 2.01. The lowest BCUT2D eigenvalue weighted by Gasteiger charge is -2.40. The molecule has 140 valence electrons. The normalized spacial score (nSPS) is 30.8. The molecule has 0 aliphatic carbocycles. The average Bonchev–Trinajstić information content (AvgIpc) is 2.60. The predicted octanol–water partition coefficient (Wildman–Crippen LogP) is -0.721. The first-order valence-electron chi connectivity index (χ1n) is 8.14. The van der Waals surface area contributed by atoms with E-state index in [1.54, 1.807) is 0 Å². The Kier molecular flexibility index (Phi) is 7.30. The Labute approximate surface area is 145 Å². The summed E-state index contributed by atoms with van der Waals surface area (Å²) in [6, 6.07) is 9.44. The number of rotatable bonds is 8. The van der Waals surface area contributed by atoms with Crippen LogP contribution in [0.5, 0.6) is 0 Å². The molecule has 1 aliphatic rings. The van der Waals surface area contributed by atoms with Gasteiger partial charge in [0, 0.05) is 0 Å². The molecule has 5 N–H and O–H groups in total. The topological polar surface area (TPSA) is 137 Å². The highest BCUT2D eigenvalue weighted by molar-refractivity contribution is 5.67. The molecule has 1 saturated heterocycles. The number of benzene rings is 1. The molecular weight excluding hydrogens is 332 g/mol.